The van der Waals surface area contributed by atoms with Crippen LogP contribution in [0.5, 0.6) is 0 Å². The number of anilines is 9. The first-order valence-electron chi connectivity index (χ1n) is 25.0. The van der Waals surface area contributed by atoms with Gasteiger partial charge in [-0.3, -0.25) is 52.7 Å². The highest BCUT2D eigenvalue weighted by molar-refractivity contribution is 5.79. The average Bonchev–Trinajstić information content (AvgIpc) is 3.69. The molecule has 0 fully saturated rings. The number of halogens is 12. The Hall–Kier alpha value is -8.46. The normalized spacial score (nSPS) is 8.18. The monoisotopic (exact) mass is 1190 g/mol. The summed E-state index contributed by atoms with van der Waals surface area (Å²) in [4.78, 5) is 6.82. The Balaban J connectivity index is -0.000000230. The molecule has 0 saturated carbocycles. The molecule has 9 aromatic rings. The second kappa shape index (κ2) is 65.4. The van der Waals surface area contributed by atoms with Crippen LogP contribution in [0.25, 0.3) is 0 Å². The summed E-state index contributed by atoms with van der Waals surface area (Å²) in [5.41, 5.74) is 14.4. The molecular formula is C69H87F12N3. The fraction of sp³-hybridized carbons (Fsp3) is 0.217. The van der Waals surface area contributed by atoms with E-state index in [9.17, 15) is 52.7 Å². The zero-order chi connectivity index (χ0) is 65.4. The molecule has 0 spiro atoms. The highest BCUT2D eigenvalue weighted by Gasteiger charge is 2.14. The molecule has 0 bridgehead atoms. The van der Waals surface area contributed by atoms with Gasteiger partial charge in [-0.05, 0) is 135 Å². The van der Waals surface area contributed by atoms with Crippen molar-refractivity contribution in [2.24, 2.45) is 0 Å². The second-order valence-electron chi connectivity index (χ2n) is 14.5. The molecule has 15 heteroatoms. The minimum atomic E-state index is 0.500. The molecule has 0 radical (unpaired) electrons. The quantitative estimate of drug-likeness (QED) is 0.133. The zero-order valence-corrected chi connectivity index (χ0v) is 51.1. The van der Waals surface area contributed by atoms with Crippen molar-refractivity contribution < 1.29 is 52.7 Å². The Labute approximate surface area is 495 Å². The lowest BCUT2D eigenvalue weighted by atomic mass is 10.1. The Bertz CT molecular complexity index is 2530. The maximum atomic E-state index is 9.50. The maximum absolute atomic E-state index is 9.50. The van der Waals surface area contributed by atoms with Gasteiger partial charge < -0.3 is 14.7 Å². The fourth-order valence-corrected chi connectivity index (χ4v) is 7.06. The first kappa shape index (κ1) is 86.8. The van der Waals surface area contributed by atoms with Gasteiger partial charge in [-0.25, -0.2) is 0 Å². The summed E-state index contributed by atoms with van der Waals surface area (Å²) in [7, 11) is 6.00. The molecule has 3 nitrogen and oxygen atoms in total. The molecule has 9 rings (SSSR count). The van der Waals surface area contributed by atoms with Crippen molar-refractivity contribution in [1.29, 1.82) is 0 Å². The summed E-state index contributed by atoms with van der Waals surface area (Å²) >= 11 is 0. The lowest BCUT2D eigenvalue weighted by molar-refractivity contribution is 0.635. The number of benzene rings is 9. The van der Waals surface area contributed by atoms with Gasteiger partial charge in [-0.2, -0.15) is 0 Å². The predicted molar refractivity (Wildman–Crippen MR) is 342 cm³/mol. The number of nitrogens with zero attached hydrogens (tertiary/aromatic N) is 3. The van der Waals surface area contributed by atoms with Crippen molar-refractivity contribution in [3.05, 3.63) is 271 Å². The summed E-state index contributed by atoms with van der Waals surface area (Å²) in [6, 6.07) is 88.4. The third-order valence-corrected chi connectivity index (χ3v) is 9.99. The van der Waals surface area contributed by atoms with Gasteiger partial charge in [0.05, 0.1) is 86.1 Å². The standard InChI is InChI=1S/3C19H17N.12CH3F/c1-16-10-8-9-15-19(16)20(17-11-4-2-5-12-17)18-13-6-3-7-14-18;1-16-9-8-14-19(15-16)20(17-10-4-2-5-11-17)18-12-6-3-7-13-18;1-16-12-14-19(15-13-16)20(17-8-4-2-5-9-17)18-10-6-3-7-11-18;12*1-2/h3*2-15H,1H3;12*1H3. The largest absolute Gasteiger partial charge is 0.311 e. The molecular weight excluding hydrogens is 1100 g/mol. The first-order valence-corrected chi connectivity index (χ1v) is 25.0. The fourth-order valence-electron chi connectivity index (χ4n) is 7.06. The van der Waals surface area contributed by atoms with Crippen molar-refractivity contribution in [3.8, 4) is 0 Å². The third-order valence-electron chi connectivity index (χ3n) is 9.99. The highest BCUT2D eigenvalue weighted by Crippen LogP contribution is 2.37. The molecule has 0 aliphatic carbocycles. The van der Waals surface area contributed by atoms with Crippen LogP contribution in [0.1, 0.15) is 16.7 Å². The van der Waals surface area contributed by atoms with E-state index in [1.807, 2.05) is 36.4 Å². The van der Waals surface area contributed by atoms with Gasteiger partial charge in [-0.1, -0.05) is 157 Å². The molecule has 0 unspecified atom stereocenters. The lowest BCUT2D eigenvalue weighted by Gasteiger charge is -2.26. The maximum Gasteiger partial charge on any atom is 0.0785 e. The Morgan fingerprint density at radius 1 is 0.179 bits per heavy atom. The molecule has 0 atom stereocenters. The Kier molecular flexibility index (Phi) is 67.5. The van der Waals surface area contributed by atoms with Crippen molar-refractivity contribution in [2.45, 2.75) is 20.8 Å². The lowest BCUT2D eigenvalue weighted by Crippen LogP contribution is -2.10. The number of hydrogen-bond donors (Lipinski definition) is 0. The summed E-state index contributed by atoms with van der Waals surface area (Å²) in [5.74, 6) is 0. The summed E-state index contributed by atoms with van der Waals surface area (Å²) in [5, 5.41) is 0. The van der Waals surface area contributed by atoms with Gasteiger partial charge in [0.1, 0.15) is 0 Å². The van der Waals surface area contributed by atoms with Crippen LogP contribution in [0.4, 0.5) is 104 Å². The van der Waals surface area contributed by atoms with Crippen molar-refractivity contribution in [2.75, 3.05) is 101 Å². The summed E-state index contributed by atoms with van der Waals surface area (Å²) < 4.78 is 114. The van der Waals surface area contributed by atoms with Crippen LogP contribution in [-0.2, 0) is 0 Å². The zero-order valence-electron chi connectivity index (χ0n) is 51.1. The predicted octanol–water partition coefficient (Wildman–Crippen LogP) is 23.4. The summed E-state index contributed by atoms with van der Waals surface area (Å²) in [6.45, 7) is 6.38. The van der Waals surface area contributed by atoms with Gasteiger partial charge in [0.15, 0.2) is 0 Å². The van der Waals surface area contributed by atoms with E-state index < -0.39 is 0 Å². The van der Waals surface area contributed by atoms with E-state index in [1.165, 1.54) is 67.9 Å². The number of para-hydroxylation sites is 7. The van der Waals surface area contributed by atoms with E-state index in [4.69, 9.17) is 0 Å². The highest BCUT2D eigenvalue weighted by atomic mass is 19.2. The van der Waals surface area contributed by atoms with Crippen molar-refractivity contribution in [3.63, 3.8) is 0 Å². The van der Waals surface area contributed by atoms with E-state index in [1.54, 1.807) is 0 Å². The third kappa shape index (κ3) is 34.1. The smallest absolute Gasteiger partial charge is 0.0785 e. The van der Waals surface area contributed by atoms with Crippen molar-refractivity contribution >= 4 is 51.2 Å². The summed E-state index contributed by atoms with van der Waals surface area (Å²) in [6.07, 6.45) is 0. The van der Waals surface area contributed by atoms with Crippen LogP contribution >= 0.6 is 0 Å². The molecule has 0 amide bonds. The number of alkyl halides is 12. The van der Waals surface area contributed by atoms with Crippen molar-refractivity contribution in [1.82, 2.24) is 0 Å². The minimum absolute atomic E-state index is 0.500. The van der Waals surface area contributed by atoms with E-state index >= 15 is 0 Å². The number of aryl methyl sites for hydroxylation is 3. The van der Waals surface area contributed by atoms with Crippen LogP contribution in [0.15, 0.2) is 255 Å². The van der Waals surface area contributed by atoms with Crippen LogP contribution in [0.2, 0.25) is 0 Å². The Morgan fingerprint density at radius 2 is 0.393 bits per heavy atom. The average molecular weight is 1190 g/mol. The van der Waals surface area contributed by atoms with E-state index in [-0.39, 0.29) is 0 Å². The molecule has 462 valence electrons. The van der Waals surface area contributed by atoms with Gasteiger partial charge in [0.25, 0.3) is 0 Å². The molecule has 0 aliphatic rings. The SMILES string of the molecule is CF.CF.CF.CF.CF.CF.CF.CF.CF.CF.CF.CF.Cc1ccc(N(c2ccccc2)c2ccccc2)cc1.Cc1cccc(N(c2ccccc2)c2ccccc2)c1.Cc1ccccc1N(c1ccccc1)c1ccccc1. The van der Waals surface area contributed by atoms with E-state index in [0.29, 0.717) is 86.1 Å². The minimum Gasteiger partial charge on any atom is -0.311 e. The molecule has 0 aliphatic heterocycles. The molecule has 0 N–H and O–H groups in total. The van der Waals surface area contributed by atoms with E-state index in [0.717, 1.165) is 0 Å². The first-order chi connectivity index (χ1) is 41.5. The molecule has 84 heavy (non-hydrogen) atoms. The van der Waals surface area contributed by atoms with Crippen LogP contribution < -0.4 is 14.7 Å². The number of hydrogen-bond acceptors (Lipinski definition) is 3. The van der Waals surface area contributed by atoms with Gasteiger partial charge in [0.2, 0.25) is 0 Å². The number of rotatable bonds is 9. The Morgan fingerprint density at radius 3 is 0.655 bits per heavy atom. The second-order valence-corrected chi connectivity index (χ2v) is 14.5. The molecule has 0 heterocycles. The van der Waals surface area contributed by atoms with Gasteiger partial charge in [-0.15, -0.1) is 0 Å². The van der Waals surface area contributed by atoms with E-state index in [2.05, 4.69) is 254 Å². The van der Waals surface area contributed by atoms with Gasteiger partial charge >= 0.3 is 0 Å². The molecule has 0 saturated heterocycles. The van der Waals surface area contributed by atoms with Crippen LogP contribution in [0.3, 0.4) is 0 Å². The molecule has 0 aromatic heterocycles. The topological polar surface area (TPSA) is 9.72 Å². The molecule has 9 aromatic carbocycles. The van der Waals surface area contributed by atoms with Crippen LogP contribution in [0, 0.1) is 20.8 Å². The van der Waals surface area contributed by atoms with Crippen LogP contribution in [-0.4, -0.2) is 86.1 Å². The van der Waals surface area contributed by atoms with Gasteiger partial charge in [0, 0.05) is 51.2 Å².